The zero-order valence-electron chi connectivity index (χ0n) is 10.0. The molecule has 1 fully saturated rings. The van der Waals surface area contributed by atoms with Crippen molar-refractivity contribution in [1.29, 1.82) is 0 Å². The summed E-state index contributed by atoms with van der Waals surface area (Å²) in [6.07, 6.45) is 0. The SMILES string of the molecule is CC(C)[C@@H](NC(=O)N1CCS(=O)CC1)C(=O)O. The Hall–Kier alpha value is -1.11. The summed E-state index contributed by atoms with van der Waals surface area (Å²) in [4.78, 5) is 24.2. The Labute approximate surface area is 103 Å². The van der Waals surface area contributed by atoms with E-state index in [2.05, 4.69) is 5.32 Å². The highest BCUT2D eigenvalue weighted by Crippen LogP contribution is 2.05. The van der Waals surface area contributed by atoms with E-state index in [1.54, 1.807) is 13.8 Å². The van der Waals surface area contributed by atoms with E-state index < -0.39 is 22.8 Å². The molecule has 1 aliphatic heterocycles. The third kappa shape index (κ3) is 3.99. The third-order valence-electron chi connectivity index (χ3n) is 2.68. The van der Waals surface area contributed by atoms with Crippen molar-refractivity contribution >= 4 is 22.8 Å². The van der Waals surface area contributed by atoms with Gasteiger partial charge in [0.2, 0.25) is 0 Å². The monoisotopic (exact) mass is 262 g/mol. The molecule has 17 heavy (non-hydrogen) atoms. The van der Waals surface area contributed by atoms with Crippen molar-refractivity contribution in [3.05, 3.63) is 0 Å². The van der Waals surface area contributed by atoms with Crippen LogP contribution < -0.4 is 5.32 Å². The molecule has 0 spiro atoms. The van der Waals surface area contributed by atoms with Gasteiger partial charge in [0.25, 0.3) is 0 Å². The zero-order valence-corrected chi connectivity index (χ0v) is 10.8. The van der Waals surface area contributed by atoms with Gasteiger partial charge in [-0.25, -0.2) is 9.59 Å². The predicted molar refractivity (Wildman–Crippen MR) is 64.2 cm³/mol. The molecule has 0 aromatic carbocycles. The molecule has 1 aliphatic rings. The molecular weight excluding hydrogens is 244 g/mol. The highest BCUT2D eigenvalue weighted by Gasteiger charge is 2.27. The second-order valence-electron chi connectivity index (χ2n) is 4.34. The standard InChI is InChI=1S/C10H18N2O4S/c1-7(2)8(9(13)14)11-10(15)12-3-5-17(16)6-4-12/h7-8H,3-6H2,1-2H3,(H,11,15)(H,13,14)/t8-/m1/s1. The Kier molecular flexibility index (Phi) is 4.92. The summed E-state index contributed by atoms with van der Waals surface area (Å²) in [5.74, 6) is -0.274. The maximum Gasteiger partial charge on any atom is 0.326 e. The van der Waals surface area contributed by atoms with Gasteiger partial charge in [-0.1, -0.05) is 13.8 Å². The number of carboxylic acid groups (broad SMARTS) is 1. The molecule has 2 N–H and O–H groups in total. The van der Waals surface area contributed by atoms with Crippen LogP contribution in [0.3, 0.4) is 0 Å². The number of nitrogens with zero attached hydrogens (tertiary/aromatic N) is 1. The maximum atomic E-state index is 11.8. The fourth-order valence-electron chi connectivity index (χ4n) is 1.58. The quantitative estimate of drug-likeness (QED) is 0.741. The van der Waals surface area contributed by atoms with Crippen LogP contribution in [0.5, 0.6) is 0 Å². The minimum atomic E-state index is -1.03. The van der Waals surface area contributed by atoms with Gasteiger partial charge in [0, 0.05) is 35.4 Å². The molecule has 1 rings (SSSR count). The number of nitrogens with one attached hydrogen (secondary N) is 1. The maximum absolute atomic E-state index is 11.8. The van der Waals surface area contributed by atoms with Gasteiger partial charge in [0.05, 0.1) is 0 Å². The number of hydrogen-bond donors (Lipinski definition) is 2. The molecule has 0 bridgehead atoms. The van der Waals surface area contributed by atoms with Crippen molar-refractivity contribution < 1.29 is 18.9 Å². The van der Waals surface area contributed by atoms with Gasteiger partial charge in [0.1, 0.15) is 6.04 Å². The molecule has 6 nitrogen and oxygen atoms in total. The van der Waals surface area contributed by atoms with Crippen molar-refractivity contribution in [3.63, 3.8) is 0 Å². The molecule has 1 atom stereocenters. The highest BCUT2D eigenvalue weighted by molar-refractivity contribution is 7.85. The number of carbonyl (C=O) groups is 2. The minimum absolute atomic E-state index is 0.171. The van der Waals surface area contributed by atoms with E-state index in [1.807, 2.05) is 0 Å². The molecule has 1 saturated heterocycles. The van der Waals surface area contributed by atoms with Gasteiger partial charge in [-0.15, -0.1) is 0 Å². The van der Waals surface area contributed by atoms with E-state index in [9.17, 15) is 13.8 Å². The fourth-order valence-corrected chi connectivity index (χ4v) is 2.63. The number of hydrogen-bond acceptors (Lipinski definition) is 3. The first kappa shape index (κ1) is 14.0. The summed E-state index contributed by atoms with van der Waals surface area (Å²) in [5, 5.41) is 11.4. The van der Waals surface area contributed by atoms with Crippen LogP contribution in [-0.4, -0.2) is 56.9 Å². The molecule has 1 heterocycles. The first-order valence-electron chi connectivity index (χ1n) is 5.55. The molecule has 0 aromatic rings. The Morgan fingerprint density at radius 1 is 1.29 bits per heavy atom. The van der Waals surface area contributed by atoms with E-state index in [0.717, 1.165) is 0 Å². The molecule has 98 valence electrons. The zero-order chi connectivity index (χ0) is 13.0. The normalized spacial score (nSPS) is 19.1. The lowest BCUT2D eigenvalue weighted by Gasteiger charge is -2.28. The third-order valence-corrected chi connectivity index (χ3v) is 3.95. The summed E-state index contributed by atoms with van der Waals surface area (Å²) in [5.41, 5.74) is 0. The average molecular weight is 262 g/mol. The summed E-state index contributed by atoms with van der Waals surface area (Å²) < 4.78 is 11.1. The minimum Gasteiger partial charge on any atom is -0.480 e. The highest BCUT2D eigenvalue weighted by atomic mass is 32.2. The van der Waals surface area contributed by atoms with Crippen molar-refractivity contribution in [2.24, 2.45) is 5.92 Å². The molecule has 7 heteroatoms. The van der Waals surface area contributed by atoms with Gasteiger partial charge in [-0.2, -0.15) is 0 Å². The van der Waals surface area contributed by atoms with Crippen LogP contribution in [0.4, 0.5) is 4.79 Å². The van der Waals surface area contributed by atoms with Crippen LogP contribution in [0, 0.1) is 5.92 Å². The summed E-state index contributed by atoms with van der Waals surface area (Å²) in [6, 6.07) is -1.27. The molecular formula is C10H18N2O4S. The number of rotatable bonds is 3. The molecule has 0 aliphatic carbocycles. The van der Waals surface area contributed by atoms with Gasteiger partial charge in [-0.3, -0.25) is 4.21 Å². The molecule has 0 unspecified atom stereocenters. The lowest BCUT2D eigenvalue weighted by atomic mass is 10.1. The van der Waals surface area contributed by atoms with Crippen molar-refractivity contribution in [1.82, 2.24) is 10.2 Å². The number of urea groups is 1. The molecule has 0 aromatic heterocycles. The first-order valence-corrected chi connectivity index (χ1v) is 7.04. The number of amides is 2. The second kappa shape index (κ2) is 6.00. The van der Waals surface area contributed by atoms with Crippen LogP contribution >= 0.6 is 0 Å². The van der Waals surface area contributed by atoms with E-state index in [1.165, 1.54) is 4.90 Å². The van der Waals surface area contributed by atoms with E-state index in [-0.39, 0.29) is 11.9 Å². The second-order valence-corrected chi connectivity index (χ2v) is 6.04. The Morgan fingerprint density at radius 3 is 2.24 bits per heavy atom. The van der Waals surface area contributed by atoms with Gasteiger partial charge >= 0.3 is 12.0 Å². The molecule has 0 saturated carbocycles. The van der Waals surface area contributed by atoms with Crippen molar-refractivity contribution in [2.75, 3.05) is 24.6 Å². The smallest absolute Gasteiger partial charge is 0.326 e. The van der Waals surface area contributed by atoms with Crippen LogP contribution in [0.2, 0.25) is 0 Å². The lowest BCUT2D eigenvalue weighted by molar-refractivity contribution is -0.140. The number of aliphatic carboxylic acids is 1. The first-order chi connectivity index (χ1) is 7.91. The predicted octanol–water partition coefficient (Wildman–Crippen LogP) is -0.130. The van der Waals surface area contributed by atoms with Gasteiger partial charge in [0.15, 0.2) is 0 Å². The molecule has 0 radical (unpaired) electrons. The number of carboxylic acids is 1. The van der Waals surface area contributed by atoms with Crippen LogP contribution in [-0.2, 0) is 15.6 Å². The van der Waals surface area contributed by atoms with Crippen LogP contribution in [0.1, 0.15) is 13.8 Å². The van der Waals surface area contributed by atoms with Crippen molar-refractivity contribution in [3.8, 4) is 0 Å². The van der Waals surface area contributed by atoms with E-state index >= 15 is 0 Å². The Bertz CT molecular complexity index is 322. The van der Waals surface area contributed by atoms with E-state index in [4.69, 9.17) is 5.11 Å². The Balaban J connectivity index is 2.53. The van der Waals surface area contributed by atoms with Crippen molar-refractivity contribution in [2.45, 2.75) is 19.9 Å². The van der Waals surface area contributed by atoms with Crippen LogP contribution in [0.15, 0.2) is 0 Å². The fraction of sp³-hybridized carbons (Fsp3) is 0.800. The topological polar surface area (TPSA) is 86.7 Å². The van der Waals surface area contributed by atoms with E-state index in [0.29, 0.717) is 24.6 Å². The average Bonchev–Trinajstić information content (AvgIpc) is 2.25. The largest absolute Gasteiger partial charge is 0.480 e. The van der Waals surface area contributed by atoms with Gasteiger partial charge in [-0.05, 0) is 5.92 Å². The summed E-state index contributed by atoms with van der Waals surface area (Å²) in [7, 11) is -0.846. The summed E-state index contributed by atoms with van der Waals surface area (Å²) >= 11 is 0. The lowest BCUT2D eigenvalue weighted by Crippen LogP contribution is -2.53. The Morgan fingerprint density at radius 2 is 1.82 bits per heavy atom. The van der Waals surface area contributed by atoms with Gasteiger partial charge < -0.3 is 15.3 Å². The summed E-state index contributed by atoms with van der Waals surface area (Å²) in [6.45, 7) is 4.32. The molecule has 2 amide bonds. The number of carbonyl (C=O) groups excluding carboxylic acids is 1. The van der Waals surface area contributed by atoms with Crippen LogP contribution in [0.25, 0.3) is 0 Å².